The summed E-state index contributed by atoms with van der Waals surface area (Å²) in [6, 6.07) is 1.94. The van der Waals surface area contributed by atoms with Crippen LogP contribution in [0.25, 0.3) is 0 Å². The van der Waals surface area contributed by atoms with Crippen LogP contribution in [0.4, 0.5) is 0 Å². The van der Waals surface area contributed by atoms with Gasteiger partial charge in [-0.15, -0.1) is 0 Å². The van der Waals surface area contributed by atoms with Crippen molar-refractivity contribution >= 4 is 5.91 Å². The SMILES string of the molecule is CCN(CC#N)CC(N)=O. The number of carbonyl (C=O) groups is 1. The van der Waals surface area contributed by atoms with Crippen molar-refractivity contribution in [2.45, 2.75) is 6.92 Å². The molecule has 0 aromatic carbocycles. The van der Waals surface area contributed by atoms with E-state index in [2.05, 4.69) is 0 Å². The van der Waals surface area contributed by atoms with Crippen LogP contribution in [0.5, 0.6) is 0 Å². The molecule has 0 aliphatic carbocycles. The molecule has 0 saturated heterocycles. The van der Waals surface area contributed by atoms with E-state index < -0.39 is 5.91 Å². The molecule has 0 rings (SSSR count). The van der Waals surface area contributed by atoms with Crippen molar-refractivity contribution < 1.29 is 4.79 Å². The molecule has 1 amide bonds. The zero-order valence-corrected chi connectivity index (χ0v) is 6.00. The zero-order valence-electron chi connectivity index (χ0n) is 6.00. The highest BCUT2D eigenvalue weighted by atomic mass is 16.1. The molecular weight excluding hydrogens is 130 g/mol. The van der Waals surface area contributed by atoms with Gasteiger partial charge in [0.15, 0.2) is 0 Å². The summed E-state index contributed by atoms with van der Waals surface area (Å²) < 4.78 is 0. The van der Waals surface area contributed by atoms with E-state index in [-0.39, 0.29) is 13.1 Å². The van der Waals surface area contributed by atoms with Gasteiger partial charge in [0.05, 0.1) is 19.2 Å². The molecular formula is C6H11N3O. The van der Waals surface area contributed by atoms with E-state index in [0.717, 1.165) is 0 Å². The monoisotopic (exact) mass is 141 g/mol. The fraction of sp³-hybridized carbons (Fsp3) is 0.667. The van der Waals surface area contributed by atoms with Gasteiger partial charge in [-0.25, -0.2) is 0 Å². The molecule has 56 valence electrons. The Kier molecular flexibility index (Phi) is 4.25. The first-order valence-electron chi connectivity index (χ1n) is 3.08. The van der Waals surface area contributed by atoms with Crippen molar-refractivity contribution in [1.29, 1.82) is 5.26 Å². The quantitative estimate of drug-likeness (QED) is 0.527. The van der Waals surface area contributed by atoms with Crippen molar-refractivity contribution in [3.63, 3.8) is 0 Å². The molecule has 0 heterocycles. The second kappa shape index (κ2) is 4.77. The Bertz CT molecular complexity index is 150. The first-order valence-corrected chi connectivity index (χ1v) is 3.08. The molecule has 4 heteroatoms. The van der Waals surface area contributed by atoms with E-state index in [1.165, 1.54) is 0 Å². The standard InChI is InChI=1S/C6H11N3O/c1-2-9(4-3-7)5-6(8)10/h2,4-5H2,1H3,(H2,8,10). The van der Waals surface area contributed by atoms with Crippen LogP contribution in [0.3, 0.4) is 0 Å². The van der Waals surface area contributed by atoms with Gasteiger partial charge in [0.1, 0.15) is 0 Å². The maximum Gasteiger partial charge on any atom is 0.231 e. The van der Waals surface area contributed by atoms with Gasteiger partial charge >= 0.3 is 0 Å². The maximum atomic E-state index is 10.3. The number of carbonyl (C=O) groups excluding carboxylic acids is 1. The second-order valence-electron chi connectivity index (χ2n) is 1.93. The van der Waals surface area contributed by atoms with Gasteiger partial charge in [-0.1, -0.05) is 6.92 Å². The lowest BCUT2D eigenvalue weighted by molar-refractivity contribution is -0.118. The third kappa shape index (κ3) is 3.87. The van der Waals surface area contributed by atoms with Crippen LogP contribution in [0.15, 0.2) is 0 Å². The number of likely N-dealkylation sites (N-methyl/N-ethyl adjacent to an activating group) is 1. The highest BCUT2D eigenvalue weighted by Crippen LogP contribution is 1.83. The van der Waals surface area contributed by atoms with Gasteiger partial charge in [-0.3, -0.25) is 9.69 Å². The number of hydrogen-bond acceptors (Lipinski definition) is 3. The molecule has 0 fully saturated rings. The van der Waals surface area contributed by atoms with Crippen molar-refractivity contribution in [2.24, 2.45) is 5.73 Å². The number of hydrogen-bond donors (Lipinski definition) is 1. The average Bonchev–Trinajstić information content (AvgIpc) is 1.86. The molecule has 0 radical (unpaired) electrons. The molecule has 2 N–H and O–H groups in total. The van der Waals surface area contributed by atoms with Crippen molar-refractivity contribution in [3.8, 4) is 6.07 Å². The first-order chi connectivity index (χ1) is 4.70. The van der Waals surface area contributed by atoms with E-state index in [4.69, 9.17) is 11.0 Å². The summed E-state index contributed by atoms with van der Waals surface area (Å²) in [5.41, 5.74) is 4.91. The molecule has 0 unspecified atom stereocenters. The smallest absolute Gasteiger partial charge is 0.231 e. The van der Waals surface area contributed by atoms with Crippen LogP contribution >= 0.6 is 0 Å². The van der Waals surface area contributed by atoms with E-state index >= 15 is 0 Å². The van der Waals surface area contributed by atoms with Crippen LogP contribution in [-0.4, -0.2) is 30.4 Å². The summed E-state index contributed by atoms with van der Waals surface area (Å²) >= 11 is 0. The van der Waals surface area contributed by atoms with Gasteiger partial charge in [0, 0.05) is 0 Å². The summed E-state index contributed by atoms with van der Waals surface area (Å²) in [6.07, 6.45) is 0. The second-order valence-corrected chi connectivity index (χ2v) is 1.93. The van der Waals surface area contributed by atoms with Crippen LogP contribution < -0.4 is 5.73 Å². The van der Waals surface area contributed by atoms with Gasteiger partial charge in [0.25, 0.3) is 0 Å². The summed E-state index contributed by atoms with van der Waals surface area (Å²) in [5.74, 6) is -0.392. The summed E-state index contributed by atoms with van der Waals surface area (Å²) in [6.45, 7) is 2.99. The largest absolute Gasteiger partial charge is 0.369 e. The minimum Gasteiger partial charge on any atom is -0.369 e. The zero-order chi connectivity index (χ0) is 7.98. The molecule has 4 nitrogen and oxygen atoms in total. The number of amides is 1. The number of primary amides is 1. The van der Waals surface area contributed by atoms with Crippen LogP contribution in [0, 0.1) is 11.3 Å². The Morgan fingerprint density at radius 1 is 1.80 bits per heavy atom. The molecule has 0 spiro atoms. The highest BCUT2D eigenvalue weighted by Gasteiger charge is 2.03. The van der Waals surface area contributed by atoms with Gasteiger partial charge in [-0.2, -0.15) is 5.26 Å². The first kappa shape index (κ1) is 8.92. The molecule has 0 saturated carbocycles. The Morgan fingerprint density at radius 2 is 2.40 bits per heavy atom. The van der Waals surface area contributed by atoms with E-state index in [1.807, 2.05) is 13.0 Å². The van der Waals surface area contributed by atoms with Crippen molar-refractivity contribution in [2.75, 3.05) is 19.6 Å². The van der Waals surface area contributed by atoms with E-state index in [1.54, 1.807) is 4.90 Å². The minimum absolute atomic E-state index is 0.171. The summed E-state index contributed by atoms with van der Waals surface area (Å²) in [7, 11) is 0. The molecule has 10 heavy (non-hydrogen) atoms. The summed E-state index contributed by atoms with van der Waals surface area (Å²) in [4.78, 5) is 12.0. The van der Waals surface area contributed by atoms with E-state index in [9.17, 15) is 4.79 Å². The summed E-state index contributed by atoms with van der Waals surface area (Å²) in [5, 5.41) is 8.24. The van der Waals surface area contributed by atoms with E-state index in [0.29, 0.717) is 6.54 Å². The predicted molar refractivity (Wildman–Crippen MR) is 36.9 cm³/mol. The maximum absolute atomic E-state index is 10.3. The van der Waals surface area contributed by atoms with Crippen LogP contribution in [0.1, 0.15) is 6.92 Å². The van der Waals surface area contributed by atoms with Gasteiger partial charge in [0.2, 0.25) is 5.91 Å². The predicted octanol–water partition coefficient (Wildman–Crippen LogP) is -0.683. The number of rotatable bonds is 4. The normalized spacial score (nSPS) is 9.30. The molecule has 0 bridgehead atoms. The fourth-order valence-electron chi connectivity index (χ4n) is 0.600. The number of nitrogens with two attached hydrogens (primary N) is 1. The Balaban J connectivity index is 3.62. The highest BCUT2D eigenvalue weighted by molar-refractivity contribution is 5.75. The van der Waals surface area contributed by atoms with Crippen LogP contribution in [0.2, 0.25) is 0 Å². The Hall–Kier alpha value is -1.08. The lowest BCUT2D eigenvalue weighted by Crippen LogP contribution is -2.33. The van der Waals surface area contributed by atoms with Crippen LogP contribution in [-0.2, 0) is 4.79 Å². The molecule has 0 aromatic heterocycles. The molecule has 0 aliphatic heterocycles. The van der Waals surface area contributed by atoms with Crippen molar-refractivity contribution in [3.05, 3.63) is 0 Å². The third-order valence-electron chi connectivity index (χ3n) is 1.12. The number of nitriles is 1. The molecule has 0 aliphatic rings. The molecule has 0 atom stereocenters. The molecule has 0 aromatic rings. The fourth-order valence-corrected chi connectivity index (χ4v) is 0.600. The number of nitrogens with zero attached hydrogens (tertiary/aromatic N) is 2. The van der Waals surface area contributed by atoms with Gasteiger partial charge < -0.3 is 5.73 Å². The van der Waals surface area contributed by atoms with Gasteiger partial charge in [-0.05, 0) is 6.54 Å². The Morgan fingerprint density at radius 3 is 2.70 bits per heavy atom. The lowest BCUT2D eigenvalue weighted by Gasteiger charge is -2.12. The Labute approximate surface area is 60.2 Å². The topological polar surface area (TPSA) is 70.1 Å². The van der Waals surface area contributed by atoms with Crippen molar-refractivity contribution in [1.82, 2.24) is 4.90 Å². The minimum atomic E-state index is -0.392. The lowest BCUT2D eigenvalue weighted by atomic mass is 10.4. The average molecular weight is 141 g/mol. The third-order valence-corrected chi connectivity index (χ3v) is 1.12.